The first-order chi connectivity index (χ1) is 9.28. The second-order valence-electron chi connectivity index (χ2n) is 6.19. The summed E-state index contributed by atoms with van der Waals surface area (Å²) in [6.07, 6.45) is 0.979. The van der Waals surface area contributed by atoms with E-state index in [2.05, 4.69) is 50.1 Å². The Bertz CT molecular complexity index is 416. The van der Waals surface area contributed by atoms with Gasteiger partial charge in [-0.3, -0.25) is 0 Å². The Morgan fingerprint density at radius 2 is 2.00 bits per heavy atom. The Hall–Kier alpha value is -0.840. The van der Waals surface area contributed by atoms with Gasteiger partial charge in [-0.2, -0.15) is 0 Å². The number of pyridine rings is 1. The summed E-state index contributed by atoms with van der Waals surface area (Å²) in [5.41, 5.74) is 0.861. The van der Waals surface area contributed by atoms with Gasteiger partial charge in [0.05, 0.1) is 17.3 Å². The zero-order valence-corrected chi connectivity index (χ0v) is 13.9. The summed E-state index contributed by atoms with van der Waals surface area (Å²) in [6.45, 7) is 8.65. The molecule has 1 aromatic rings. The van der Waals surface area contributed by atoms with Gasteiger partial charge in [-0.05, 0) is 47.4 Å². The zero-order valence-electron chi connectivity index (χ0n) is 13.2. The first kappa shape index (κ1) is 17.2. The maximum Gasteiger partial charge on any atom is 0.213 e. The van der Waals surface area contributed by atoms with E-state index in [0.29, 0.717) is 24.1 Å². The fraction of sp³-hybridized carbons (Fsp3) is 0.667. The molecule has 1 aromatic heterocycles. The summed E-state index contributed by atoms with van der Waals surface area (Å²) in [4.78, 5) is 6.60. The van der Waals surface area contributed by atoms with Gasteiger partial charge in [0.15, 0.2) is 0 Å². The van der Waals surface area contributed by atoms with Crippen LogP contribution in [0.5, 0.6) is 5.88 Å². The molecule has 0 saturated heterocycles. The molecular weight excluding hydrogens is 274 g/mol. The van der Waals surface area contributed by atoms with Crippen LogP contribution >= 0.6 is 11.6 Å². The van der Waals surface area contributed by atoms with Gasteiger partial charge in [0, 0.05) is 24.7 Å². The fourth-order valence-corrected chi connectivity index (χ4v) is 1.75. The van der Waals surface area contributed by atoms with Crippen molar-refractivity contribution in [3.63, 3.8) is 0 Å². The number of hydrogen-bond donors (Lipinski definition) is 1. The van der Waals surface area contributed by atoms with Gasteiger partial charge in [-0.15, -0.1) is 0 Å². The lowest BCUT2D eigenvalue weighted by molar-refractivity contribution is 0.272. The van der Waals surface area contributed by atoms with E-state index in [1.54, 1.807) is 0 Å². The Kier molecular flexibility index (Phi) is 6.72. The highest BCUT2D eigenvalue weighted by molar-refractivity contribution is 6.31. The molecule has 20 heavy (non-hydrogen) atoms. The minimum Gasteiger partial charge on any atom is -0.478 e. The molecule has 1 rings (SSSR count). The average molecular weight is 300 g/mol. The van der Waals surface area contributed by atoms with Crippen LogP contribution in [0.4, 0.5) is 0 Å². The topological polar surface area (TPSA) is 37.4 Å². The molecular formula is C15H26ClN3O. The molecule has 0 fully saturated rings. The van der Waals surface area contributed by atoms with Crippen LogP contribution < -0.4 is 10.1 Å². The fourth-order valence-electron chi connectivity index (χ4n) is 1.58. The zero-order chi connectivity index (χ0) is 15.2. The van der Waals surface area contributed by atoms with Crippen molar-refractivity contribution in [2.24, 2.45) is 0 Å². The molecule has 0 aliphatic carbocycles. The van der Waals surface area contributed by atoms with Crippen molar-refractivity contribution in [2.75, 3.05) is 27.2 Å². The molecule has 4 nitrogen and oxygen atoms in total. The first-order valence-corrected chi connectivity index (χ1v) is 7.34. The van der Waals surface area contributed by atoms with Crippen molar-refractivity contribution >= 4 is 11.6 Å². The Morgan fingerprint density at radius 1 is 1.30 bits per heavy atom. The van der Waals surface area contributed by atoms with Crippen molar-refractivity contribution < 1.29 is 4.74 Å². The SMILES string of the molecule is CN(C)CCCOc1ccc(Cl)c(CNC(C)(C)C)n1. The van der Waals surface area contributed by atoms with Crippen LogP contribution in [0, 0.1) is 0 Å². The number of aromatic nitrogens is 1. The molecule has 0 aromatic carbocycles. The van der Waals surface area contributed by atoms with Crippen molar-refractivity contribution in [3.8, 4) is 5.88 Å². The predicted octanol–water partition coefficient (Wildman–Crippen LogP) is 2.95. The minimum atomic E-state index is 0.0353. The van der Waals surface area contributed by atoms with E-state index in [9.17, 15) is 0 Å². The highest BCUT2D eigenvalue weighted by Gasteiger charge is 2.11. The Balaban J connectivity index is 2.53. The summed E-state index contributed by atoms with van der Waals surface area (Å²) in [6, 6.07) is 3.66. The molecule has 1 heterocycles. The normalized spacial score (nSPS) is 11.9. The van der Waals surface area contributed by atoms with Gasteiger partial charge >= 0.3 is 0 Å². The second-order valence-corrected chi connectivity index (χ2v) is 6.59. The van der Waals surface area contributed by atoms with E-state index < -0.39 is 0 Å². The lowest BCUT2D eigenvalue weighted by Gasteiger charge is -2.20. The molecule has 0 amide bonds. The average Bonchev–Trinajstić information content (AvgIpc) is 2.33. The predicted molar refractivity (Wildman–Crippen MR) is 84.5 cm³/mol. The van der Waals surface area contributed by atoms with Crippen molar-refractivity contribution in [1.82, 2.24) is 15.2 Å². The molecule has 0 radical (unpaired) electrons. The minimum absolute atomic E-state index is 0.0353. The van der Waals surface area contributed by atoms with Crippen LogP contribution in [0.1, 0.15) is 32.9 Å². The van der Waals surface area contributed by atoms with Crippen molar-refractivity contribution in [2.45, 2.75) is 39.3 Å². The summed E-state index contributed by atoms with van der Waals surface area (Å²) in [5, 5.41) is 4.05. The summed E-state index contributed by atoms with van der Waals surface area (Å²) >= 11 is 6.16. The van der Waals surface area contributed by atoms with Crippen LogP contribution in [-0.2, 0) is 6.54 Å². The molecule has 0 spiro atoms. The van der Waals surface area contributed by atoms with Gasteiger partial charge < -0.3 is 15.0 Å². The smallest absolute Gasteiger partial charge is 0.213 e. The monoisotopic (exact) mass is 299 g/mol. The van der Waals surface area contributed by atoms with Gasteiger partial charge in [0.25, 0.3) is 0 Å². The molecule has 114 valence electrons. The lowest BCUT2D eigenvalue weighted by atomic mass is 10.1. The van der Waals surface area contributed by atoms with Crippen LogP contribution in [-0.4, -0.2) is 42.7 Å². The van der Waals surface area contributed by atoms with Crippen LogP contribution in [0.15, 0.2) is 12.1 Å². The largest absolute Gasteiger partial charge is 0.478 e. The van der Waals surface area contributed by atoms with Crippen molar-refractivity contribution in [3.05, 3.63) is 22.8 Å². The number of rotatable bonds is 7. The maximum atomic E-state index is 6.16. The van der Waals surface area contributed by atoms with E-state index in [4.69, 9.17) is 16.3 Å². The van der Waals surface area contributed by atoms with Gasteiger partial charge in [0.1, 0.15) is 0 Å². The highest BCUT2D eigenvalue weighted by Crippen LogP contribution is 2.18. The molecule has 0 aliphatic heterocycles. The third-order valence-corrected chi connectivity index (χ3v) is 3.02. The molecule has 0 unspecified atom stereocenters. The molecule has 5 heteroatoms. The van der Waals surface area contributed by atoms with Crippen LogP contribution in [0.2, 0.25) is 5.02 Å². The van der Waals surface area contributed by atoms with E-state index in [1.807, 2.05) is 12.1 Å². The van der Waals surface area contributed by atoms with Gasteiger partial charge in [0.2, 0.25) is 5.88 Å². The number of nitrogens with zero attached hydrogens (tertiary/aromatic N) is 2. The van der Waals surface area contributed by atoms with Gasteiger partial charge in [-0.25, -0.2) is 4.98 Å². The summed E-state index contributed by atoms with van der Waals surface area (Å²) in [7, 11) is 4.10. The van der Waals surface area contributed by atoms with E-state index in [1.165, 1.54) is 0 Å². The third-order valence-electron chi connectivity index (χ3n) is 2.68. The van der Waals surface area contributed by atoms with E-state index in [-0.39, 0.29) is 5.54 Å². The number of hydrogen-bond acceptors (Lipinski definition) is 4. The molecule has 0 atom stereocenters. The number of ether oxygens (including phenoxy) is 1. The Labute approximate surface area is 127 Å². The van der Waals surface area contributed by atoms with E-state index in [0.717, 1.165) is 18.7 Å². The highest BCUT2D eigenvalue weighted by atomic mass is 35.5. The first-order valence-electron chi connectivity index (χ1n) is 6.96. The van der Waals surface area contributed by atoms with Gasteiger partial charge in [-0.1, -0.05) is 11.6 Å². The number of nitrogens with one attached hydrogen (secondary N) is 1. The summed E-state index contributed by atoms with van der Waals surface area (Å²) < 4.78 is 5.66. The lowest BCUT2D eigenvalue weighted by Crippen LogP contribution is -2.35. The van der Waals surface area contributed by atoms with E-state index >= 15 is 0 Å². The van der Waals surface area contributed by atoms with Crippen LogP contribution in [0.3, 0.4) is 0 Å². The second kappa shape index (κ2) is 7.81. The van der Waals surface area contributed by atoms with Crippen molar-refractivity contribution in [1.29, 1.82) is 0 Å². The quantitative estimate of drug-likeness (QED) is 0.786. The molecule has 0 saturated carbocycles. The molecule has 1 N–H and O–H groups in total. The maximum absolute atomic E-state index is 6.16. The molecule has 0 bridgehead atoms. The third kappa shape index (κ3) is 7.08. The Morgan fingerprint density at radius 3 is 2.60 bits per heavy atom. The standard InChI is InChI=1S/C15H26ClN3O/c1-15(2,3)17-11-13-12(16)7-8-14(18-13)20-10-6-9-19(4)5/h7-8,17H,6,9-11H2,1-5H3. The summed E-state index contributed by atoms with van der Waals surface area (Å²) in [5.74, 6) is 0.638. The molecule has 0 aliphatic rings. The number of halogens is 1. The van der Waals surface area contributed by atoms with Crippen LogP contribution in [0.25, 0.3) is 0 Å².